The predicted octanol–water partition coefficient (Wildman–Crippen LogP) is 0.0262. The van der Waals surface area contributed by atoms with Gasteiger partial charge in [0, 0.05) is 46.9 Å². The Labute approximate surface area is 138 Å². The molecule has 0 amide bonds. The quantitative estimate of drug-likeness (QED) is 0.548. The van der Waals surface area contributed by atoms with Gasteiger partial charge in [-0.3, -0.25) is 0 Å². The SMILES string of the molecule is [CH]1N2C=CN1C=c1ccc([nH]1)=Cc1ccc([nH]1)C=c1ccc([nH]1)=C2. The fraction of sp³-hybridized carbons (Fsp3) is 0. The van der Waals surface area contributed by atoms with Gasteiger partial charge < -0.3 is 24.8 Å². The summed E-state index contributed by atoms with van der Waals surface area (Å²) in [5.41, 5.74) is 2.14. The maximum absolute atomic E-state index is 3.41. The largest absolute Gasteiger partial charge is 0.355 e. The van der Waals surface area contributed by atoms with Crippen molar-refractivity contribution in [2.45, 2.75) is 0 Å². The second kappa shape index (κ2) is 5.09. The van der Waals surface area contributed by atoms with E-state index in [4.69, 9.17) is 0 Å². The lowest BCUT2D eigenvalue weighted by molar-refractivity contribution is 0.542. The van der Waals surface area contributed by atoms with E-state index in [2.05, 4.69) is 75.9 Å². The van der Waals surface area contributed by atoms with Gasteiger partial charge in [-0.25, -0.2) is 0 Å². The highest BCUT2D eigenvalue weighted by molar-refractivity contribution is 5.52. The highest BCUT2D eigenvalue weighted by atomic mass is 15.3. The Balaban J connectivity index is 1.71. The van der Waals surface area contributed by atoms with E-state index in [0.717, 1.165) is 32.8 Å². The van der Waals surface area contributed by atoms with Crippen LogP contribution in [0.3, 0.4) is 0 Å². The van der Waals surface area contributed by atoms with E-state index in [9.17, 15) is 0 Å². The maximum Gasteiger partial charge on any atom is 0.149 e. The Morgan fingerprint density at radius 2 is 1.04 bits per heavy atom. The molecule has 8 bridgehead atoms. The summed E-state index contributed by atoms with van der Waals surface area (Å²) in [4.78, 5) is 14.3. The van der Waals surface area contributed by atoms with Crippen LogP contribution in [0.25, 0.3) is 24.6 Å². The fourth-order valence-electron chi connectivity index (χ4n) is 2.97. The van der Waals surface area contributed by atoms with Crippen molar-refractivity contribution in [1.29, 1.82) is 0 Å². The summed E-state index contributed by atoms with van der Waals surface area (Å²) in [6.45, 7) is 2.02. The molecule has 0 saturated heterocycles. The highest BCUT2D eigenvalue weighted by Crippen LogP contribution is 2.11. The van der Waals surface area contributed by atoms with Crippen molar-refractivity contribution in [3.63, 3.8) is 0 Å². The molecule has 0 aliphatic carbocycles. The van der Waals surface area contributed by atoms with Crippen molar-refractivity contribution >= 4 is 24.6 Å². The first-order valence-electron chi connectivity index (χ1n) is 7.85. The van der Waals surface area contributed by atoms with Gasteiger partial charge in [-0.05, 0) is 48.6 Å². The molecule has 5 rings (SSSR count). The first-order chi connectivity index (χ1) is 11.8. The number of aromatic nitrogens is 3. The molecule has 0 unspecified atom stereocenters. The van der Waals surface area contributed by atoms with Crippen LogP contribution in [0.4, 0.5) is 0 Å². The molecule has 5 heterocycles. The number of fused-ring (bicyclic) bond motifs is 8. The average molecular weight is 314 g/mol. The van der Waals surface area contributed by atoms with Crippen LogP contribution in [-0.2, 0) is 0 Å². The number of nitrogens with one attached hydrogen (secondary N) is 3. The van der Waals surface area contributed by atoms with Crippen LogP contribution in [0.2, 0.25) is 0 Å². The molecule has 0 atom stereocenters. The van der Waals surface area contributed by atoms with Crippen LogP contribution in [0.1, 0.15) is 11.4 Å². The first kappa shape index (κ1) is 13.1. The van der Waals surface area contributed by atoms with Gasteiger partial charge >= 0.3 is 0 Å². The topological polar surface area (TPSA) is 53.9 Å². The fourth-order valence-corrected chi connectivity index (χ4v) is 2.97. The van der Waals surface area contributed by atoms with Gasteiger partial charge in [0.2, 0.25) is 0 Å². The number of hydrogen-bond acceptors (Lipinski definition) is 2. The zero-order valence-corrected chi connectivity index (χ0v) is 12.9. The van der Waals surface area contributed by atoms with Gasteiger partial charge in [-0.2, -0.15) is 0 Å². The molecule has 0 saturated carbocycles. The van der Waals surface area contributed by atoms with Crippen molar-refractivity contribution < 1.29 is 0 Å². The molecule has 3 aromatic heterocycles. The zero-order chi connectivity index (χ0) is 15.9. The smallest absolute Gasteiger partial charge is 0.149 e. The van der Waals surface area contributed by atoms with Crippen LogP contribution in [0, 0.1) is 6.67 Å². The Hall–Kier alpha value is -3.34. The third-order valence-corrected chi connectivity index (χ3v) is 4.07. The third kappa shape index (κ3) is 2.46. The lowest BCUT2D eigenvalue weighted by atomic mass is 10.3. The molecule has 5 nitrogen and oxygen atoms in total. The van der Waals surface area contributed by atoms with E-state index in [-0.39, 0.29) is 0 Å². The minimum atomic E-state index is 1.05. The van der Waals surface area contributed by atoms with Gasteiger partial charge in [-0.15, -0.1) is 0 Å². The van der Waals surface area contributed by atoms with Crippen LogP contribution < -0.4 is 21.4 Å². The molecular formula is C19H16N5. The van der Waals surface area contributed by atoms with Gasteiger partial charge in [0.1, 0.15) is 6.67 Å². The monoisotopic (exact) mass is 314 g/mol. The molecule has 117 valence electrons. The van der Waals surface area contributed by atoms with Crippen LogP contribution in [-0.4, -0.2) is 24.8 Å². The minimum absolute atomic E-state index is 1.05. The van der Waals surface area contributed by atoms with Crippen molar-refractivity contribution in [2.75, 3.05) is 0 Å². The Morgan fingerprint density at radius 1 is 0.542 bits per heavy atom. The molecular weight excluding hydrogens is 298 g/mol. The molecule has 0 aromatic carbocycles. The van der Waals surface area contributed by atoms with E-state index in [0.29, 0.717) is 0 Å². The maximum atomic E-state index is 3.41. The Morgan fingerprint density at radius 3 is 1.58 bits per heavy atom. The van der Waals surface area contributed by atoms with E-state index in [1.54, 1.807) is 0 Å². The first-order valence-corrected chi connectivity index (χ1v) is 7.85. The molecule has 24 heavy (non-hydrogen) atoms. The van der Waals surface area contributed by atoms with Crippen molar-refractivity contribution in [3.8, 4) is 0 Å². The summed E-state index contributed by atoms with van der Waals surface area (Å²) in [5, 5.41) is 4.24. The van der Waals surface area contributed by atoms with Crippen LogP contribution >= 0.6 is 0 Å². The van der Waals surface area contributed by atoms with Crippen molar-refractivity contribution in [1.82, 2.24) is 24.8 Å². The molecule has 0 spiro atoms. The standard InChI is InChI=1S/C19H16N5/c1-2-15-10-17-4-6-19(22-17)12-24-8-7-23(13-24)11-18-5-3-16(21-18)9-14(1)20-15/h1-13,20-22H. The summed E-state index contributed by atoms with van der Waals surface area (Å²) < 4.78 is 0. The summed E-state index contributed by atoms with van der Waals surface area (Å²) in [5.74, 6) is 0. The third-order valence-electron chi connectivity index (χ3n) is 4.07. The number of rotatable bonds is 0. The van der Waals surface area contributed by atoms with Gasteiger partial charge in [0.25, 0.3) is 0 Å². The van der Waals surface area contributed by atoms with Gasteiger partial charge in [0.15, 0.2) is 0 Å². The Bertz CT molecular complexity index is 1070. The molecule has 1 radical (unpaired) electrons. The van der Waals surface area contributed by atoms with Crippen molar-refractivity contribution in [2.24, 2.45) is 0 Å². The van der Waals surface area contributed by atoms with E-state index in [1.807, 2.05) is 28.9 Å². The Kier molecular flexibility index (Phi) is 2.79. The molecule has 2 aliphatic heterocycles. The summed E-state index contributed by atoms with van der Waals surface area (Å²) in [6, 6.07) is 12.5. The number of aromatic amines is 3. The summed E-state index contributed by atoms with van der Waals surface area (Å²) >= 11 is 0. The van der Waals surface area contributed by atoms with E-state index in [1.165, 1.54) is 0 Å². The van der Waals surface area contributed by atoms with Crippen LogP contribution in [0.15, 0.2) is 48.8 Å². The highest BCUT2D eigenvalue weighted by Gasteiger charge is 2.08. The van der Waals surface area contributed by atoms with E-state index >= 15 is 0 Å². The minimum Gasteiger partial charge on any atom is -0.355 e. The molecule has 2 aliphatic rings. The van der Waals surface area contributed by atoms with Gasteiger partial charge in [-0.1, -0.05) is 0 Å². The van der Waals surface area contributed by atoms with Crippen molar-refractivity contribution in [3.05, 3.63) is 88.3 Å². The second-order valence-electron chi connectivity index (χ2n) is 5.96. The second-order valence-corrected chi connectivity index (χ2v) is 5.96. The van der Waals surface area contributed by atoms with E-state index < -0.39 is 0 Å². The number of hydrogen-bond donors (Lipinski definition) is 3. The predicted molar refractivity (Wildman–Crippen MR) is 94.1 cm³/mol. The molecule has 5 heteroatoms. The lowest BCUT2D eigenvalue weighted by Gasteiger charge is -2.12. The van der Waals surface area contributed by atoms with Gasteiger partial charge in [0.05, 0.1) is 10.7 Å². The molecule has 0 fully saturated rings. The average Bonchev–Trinajstić information content (AvgIpc) is 3.32. The van der Waals surface area contributed by atoms with Crippen LogP contribution in [0.5, 0.6) is 0 Å². The molecule has 3 aromatic rings. The zero-order valence-electron chi connectivity index (χ0n) is 12.9. The normalized spacial score (nSPS) is 15.5. The summed E-state index contributed by atoms with van der Waals surface area (Å²) in [7, 11) is 0. The summed E-state index contributed by atoms with van der Waals surface area (Å²) in [6.07, 6.45) is 12.4. The number of nitrogens with zero attached hydrogens (tertiary/aromatic N) is 2. The number of H-pyrrole nitrogens is 3. The molecule has 3 N–H and O–H groups in total. The lowest BCUT2D eigenvalue weighted by Crippen LogP contribution is -2.19.